The molecule has 30 heavy (non-hydrogen) atoms. The summed E-state index contributed by atoms with van der Waals surface area (Å²) < 4.78 is 1.91. The number of halogens is 1. The van der Waals surface area contributed by atoms with Crippen LogP contribution in [0.3, 0.4) is 0 Å². The Morgan fingerprint density at radius 1 is 0.967 bits per heavy atom. The lowest BCUT2D eigenvalue weighted by molar-refractivity contribution is 0.655. The molecule has 148 valence electrons. The van der Waals surface area contributed by atoms with Crippen LogP contribution in [-0.4, -0.2) is 39.5 Å². The molecule has 0 radical (unpaired) electrons. The monoisotopic (exact) mass is 417 g/mol. The van der Waals surface area contributed by atoms with Crippen LogP contribution in [0.4, 0.5) is 5.82 Å². The second-order valence-corrected chi connectivity index (χ2v) is 6.89. The van der Waals surface area contributed by atoms with E-state index in [0.29, 0.717) is 45.8 Å². The quantitative estimate of drug-likeness (QED) is 0.447. The van der Waals surface area contributed by atoms with Crippen molar-refractivity contribution in [2.45, 2.75) is 5.88 Å². The Labute approximate surface area is 176 Å². The van der Waals surface area contributed by atoms with E-state index in [9.17, 15) is 0 Å². The first-order valence-corrected chi connectivity index (χ1v) is 9.66. The molecule has 0 aliphatic carbocycles. The van der Waals surface area contributed by atoms with Gasteiger partial charge in [-0.2, -0.15) is 15.0 Å². The van der Waals surface area contributed by atoms with Gasteiger partial charge in [-0.1, -0.05) is 12.1 Å². The first-order chi connectivity index (χ1) is 14.6. The molecule has 5 rings (SSSR count). The molecule has 2 N–H and O–H groups in total. The second kappa shape index (κ2) is 7.20. The maximum absolute atomic E-state index is 6.10. The molecule has 4 heterocycles. The van der Waals surface area contributed by atoms with Gasteiger partial charge in [0.05, 0.1) is 11.9 Å². The molecule has 0 aliphatic heterocycles. The van der Waals surface area contributed by atoms with Gasteiger partial charge in [-0.05, 0) is 29.8 Å². The first kappa shape index (κ1) is 18.2. The summed E-state index contributed by atoms with van der Waals surface area (Å²) in [4.78, 5) is 19.6. The number of nitrogens with zero attached hydrogens (tertiary/aromatic N) is 8. The van der Waals surface area contributed by atoms with Crippen molar-refractivity contribution in [3.8, 4) is 28.6 Å². The minimum Gasteiger partial charge on any atom is -0.382 e. The van der Waals surface area contributed by atoms with Gasteiger partial charge in [-0.25, -0.2) is 19.9 Å². The van der Waals surface area contributed by atoms with Crippen molar-refractivity contribution in [1.29, 1.82) is 0 Å². The van der Waals surface area contributed by atoms with Crippen LogP contribution in [0.2, 0.25) is 0 Å². The molecule has 9 nitrogen and oxygen atoms in total. The normalized spacial score (nSPS) is 11.3. The number of benzene rings is 1. The predicted molar refractivity (Wildman–Crippen MR) is 114 cm³/mol. The average molecular weight is 418 g/mol. The summed E-state index contributed by atoms with van der Waals surface area (Å²) in [5.41, 5.74) is 11.2. The summed E-state index contributed by atoms with van der Waals surface area (Å²) in [6.07, 6.45) is 4.81. The highest BCUT2D eigenvalue weighted by molar-refractivity contribution is 6.17. The van der Waals surface area contributed by atoms with Crippen molar-refractivity contribution >= 4 is 28.6 Å². The van der Waals surface area contributed by atoms with Crippen molar-refractivity contribution in [2.24, 2.45) is 7.05 Å². The molecule has 0 amide bonds. The van der Waals surface area contributed by atoms with Crippen LogP contribution in [-0.2, 0) is 12.9 Å². The topological polar surface area (TPSA) is 113 Å². The number of nitrogens with two attached hydrogens (primary N) is 1. The minimum absolute atomic E-state index is 0.292. The highest BCUT2D eigenvalue weighted by Gasteiger charge is 2.20. The molecule has 0 saturated carbocycles. The van der Waals surface area contributed by atoms with Crippen molar-refractivity contribution in [2.75, 3.05) is 5.73 Å². The highest BCUT2D eigenvalue weighted by atomic mass is 35.5. The number of imidazole rings is 1. The molecule has 0 fully saturated rings. The predicted octanol–water partition coefficient (Wildman–Crippen LogP) is 2.99. The Balaban J connectivity index is 1.79. The Bertz CT molecular complexity index is 1350. The number of aryl methyl sites for hydroxylation is 1. The van der Waals surface area contributed by atoms with Gasteiger partial charge < -0.3 is 5.73 Å². The number of rotatable bonds is 4. The van der Waals surface area contributed by atoms with Gasteiger partial charge in [0.1, 0.15) is 16.9 Å². The van der Waals surface area contributed by atoms with E-state index < -0.39 is 0 Å². The lowest BCUT2D eigenvalue weighted by Crippen LogP contribution is -2.04. The number of alkyl halides is 1. The smallest absolute Gasteiger partial charge is 0.169 e. The Morgan fingerprint density at radius 2 is 1.77 bits per heavy atom. The van der Waals surface area contributed by atoms with E-state index in [1.165, 1.54) is 4.80 Å². The first-order valence-electron chi connectivity index (χ1n) is 9.12. The third-order valence-corrected chi connectivity index (χ3v) is 4.96. The Hall–Kier alpha value is -3.85. The van der Waals surface area contributed by atoms with Crippen molar-refractivity contribution in [1.82, 2.24) is 39.5 Å². The zero-order valence-corrected chi connectivity index (χ0v) is 16.7. The molecule has 10 heteroatoms. The maximum Gasteiger partial charge on any atom is 0.169 e. The summed E-state index contributed by atoms with van der Waals surface area (Å²) in [5.74, 6) is 1.28. The van der Waals surface area contributed by atoms with Crippen LogP contribution in [0.15, 0.2) is 55.0 Å². The number of aromatic nitrogens is 8. The van der Waals surface area contributed by atoms with E-state index >= 15 is 0 Å². The highest BCUT2D eigenvalue weighted by Crippen LogP contribution is 2.30. The SMILES string of the molecule is Cn1ncc(-c2ccc3nc(-c4nccnc4N)n(-c4ccc(CCl)cc4)c3n2)n1. The number of anilines is 1. The van der Waals surface area contributed by atoms with Gasteiger partial charge in [-0.15, -0.1) is 11.6 Å². The number of fused-ring (bicyclic) bond motifs is 1. The van der Waals surface area contributed by atoms with E-state index in [0.717, 1.165) is 11.3 Å². The molecule has 1 aromatic carbocycles. The second-order valence-electron chi connectivity index (χ2n) is 6.62. The molecular formula is C20H16ClN9. The van der Waals surface area contributed by atoms with Crippen LogP contribution in [0.5, 0.6) is 0 Å². The zero-order chi connectivity index (χ0) is 20.7. The number of pyridine rings is 1. The van der Waals surface area contributed by atoms with E-state index in [2.05, 4.69) is 20.2 Å². The van der Waals surface area contributed by atoms with Crippen LogP contribution in [0, 0.1) is 0 Å². The summed E-state index contributed by atoms with van der Waals surface area (Å²) >= 11 is 5.96. The van der Waals surface area contributed by atoms with Crippen LogP contribution < -0.4 is 5.73 Å². The van der Waals surface area contributed by atoms with E-state index in [-0.39, 0.29) is 0 Å². The average Bonchev–Trinajstić information content (AvgIpc) is 3.37. The molecule has 0 aliphatic rings. The molecule has 0 bridgehead atoms. The summed E-state index contributed by atoms with van der Waals surface area (Å²) in [6.45, 7) is 0. The van der Waals surface area contributed by atoms with E-state index in [1.807, 2.05) is 41.0 Å². The van der Waals surface area contributed by atoms with Gasteiger partial charge in [0.15, 0.2) is 17.3 Å². The lowest BCUT2D eigenvalue weighted by atomic mass is 10.2. The lowest BCUT2D eigenvalue weighted by Gasteiger charge is -2.10. The fourth-order valence-electron chi connectivity index (χ4n) is 3.22. The molecule has 0 unspecified atom stereocenters. The fraction of sp³-hybridized carbons (Fsp3) is 0.100. The molecule has 4 aromatic heterocycles. The van der Waals surface area contributed by atoms with Crippen LogP contribution in [0.25, 0.3) is 39.8 Å². The van der Waals surface area contributed by atoms with Crippen molar-refractivity contribution in [3.63, 3.8) is 0 Å². The maximum atomic E-state index is 6.10. The van der Waals surface area contributed by atoms with Gasteiger partial charge in [0, 0.05) is 31.0 Å². The summed E-state index contributed by atoms with van der Waals surface area (Å²) in [6, 6.07) is 11.6. The molecule has 5 aromatic rings. The largest absolute Gasteiger partial charge is 0.382 e. The van der Waals surface area contributed by atoms with Gasteiger partial charge in [0.2, 0.25) is 0 Å². The van der Waals surface area contributed by atoms with E-state index in [1.54, 1.807) is 25.6 Å². The molecule has 0 atom stereocenters. The zero-order valence-electron chi connectivity index (χ0n) is 15.9. The Kier molecular flexibility index (Phi) is 4.36. The number of nitrogen functional groups attached to an aromatic ring is 1. The minimum atomic E-state index is 0.292. The van der Waals surface area contributed by atoms with Crippen molar-refractivity contribution in [3.05, 3.63) is 60.6 Å². The number of hydrogen-bond donors (Lipinski definition) is 1. The van der Waals surface area contributed by atoms with Gasteiger partial charge in [0.25, 0.3) is 0 Å². The fourth-order valence-corrected chi connectivity index (χ4v) is 3.40. The van der Waals surface area contributed by atoms with Gasteiger partial charge >= 0.3 is 0 Å². The van der Waals surface area contributed by atoms with Crippen LogP contribution >= 0.6 is 11.6 Å². The third kappa shape index (κ3) is 3.05. The third-order valence-electron chi connectivity index (χ3n) is 4.65. The van der Waals surface area contributed by atoms with Gasteiger partial charge in [-0.3, -0.25) is 4.57 Å². The summed E-state index contributed by atoms with van der Waals surface area (Å²) in [5, 5.41) is 8.48. The molecular weight excluding hydrogens is 402 g/mol. The molecule has 0 spiro atoms. The number of hydrogen-bond acceptors (Lipinski definition) is 7. The summed E-state index contributed by atoms with van der Waals surface area (Å²) in [7, 11) is 1.76. The van der Waals surface area contributed by atoms with Crippen LogP contribution in [0.1, 0.15) is 5.56 Å². The molecule has 0 saturated heterocycles. The van der Waals surface area contributed by atoms with Crippen molar-refractivity contribution < 1.29 is 0 Å². The van der Waals surface area contributed by atoms with E-state index in [4.69, 9.17) is 27.3 Å². The standard InChI is InChI=1S/C20H16ClN9/c1-29-25-11-16(28-29)14-6-7-15-19(26-14)30(13-4-2-12(10-21)3-5-13)20(27-15)17-18(22)24-9-8-23-17/h2-9,11H,10H2,1H3,(H2,22,24). The Morgan fingerprint density at radius 3 is 2.47 bits per heavy atom.